The van der Waals surface area contributed by atoms with Gasteiger partial charge in [0.15, 0.2) is 0 Å². The Labute approximate surface area is 118 Å². The summed E-state index contributed by atoms with van der Waals surface area (Å²) in [7, 11) is 1.33. The van der Waals surface area contributed by atoms with Crippen molar-refractivity contribution in [2.45, 2.75) is 26.2 Å². The fraction of sp³-hybridized carbons (Fsp3) is 0.750. The molecule has 0 rings (SSSR count). The van der Waals surface area contributed by atoms with Crippen LogP contribution in [0.3, 0.4) is 0 Å². The molecule has 1 atom stereocenters. The molecule has 6 heteroatoms. The molecule has 0 saturated heterocycles. The van der Waals surface area contributed by atoms with E-state index in [2.05, 4.69) is 28.8 Å². The molecule has 0 spiro atoms. The average molecular weight is 291 g/mol. The molecule has 1 unspecified atom stereocenters. The maximum absolute atomic E-state index is 11.3. The summed E-state index contributed by atoms with van der Waals surface area (Å²) in [5, 5.41) is 2.65. The monoisotopic (exact) mass is 291 g/mol. The van der Waals surface area contributed by atoms with Crippen LogP contribution in [-0.4, -0.2) is 37.7 Å². The molecule has 0 aliphatic carbocycles. The predicted octanol–water partition coefficient (Wildman–Crippen LogP) is 1.72. The van der Waals surface area contributed by atoms with Crippen molar-refractivity contribution in [3.8, 4) is 11.8 Å². The molecule has 0 radical (unpaired) electrons. The first-order valence-corrected chi connectivity index (χ1v) is 7.74. The number of amides is 1. The van der Waals surface area contributed by atoms with Crippen LogP contribution in [0.2, 0.25) is 0 Å². The Morgan fingerprint density at radius 1 is 1.39 bits per heavy atom. The molecule has 0 saturated carbocycles. The Balaban J connectivity index is 3.41. The topological polar surface area (TPSA) is 47.6 Å². The normalized spacial score (nSPS) is 11.8. The molecule has 18 heavy (non-hydrogen) atoms. The number of hydrogen-bond acceptors (Lipinski definition) is 5. The number of hydrogen-bond donors (Lipinski definition) is 2. The average Bonchev–Trinajstić information content (AvgIpc) is 2.33. The Bertz CT molecular complexity index is 287. The van der Waals surface area contributed by atoms with E-state index in [4.69, 9.17) is 9.47 Å². The van der Waals surface area contributed by atoms with Gasteiger partial charge in [0.25, 0.3) is 0 Å². The van der Waals surface area contributed by atoms with Crippen LogP contribution in [0.1, 0.15) is 20.8 Å². The quantitative estimate of drug-likeness (QED) is 0.235. The lowest BCUT2D eigenvalue weighted by atomic mass is 10.2. The second-order valence-electron chi connectivity index (χ2n) is 3.85. The van der Waals surface area contributed by atoms with Gasteiger partial charge in [-0.15, -0.1) is 11.7 Å². The second-order valence-corrected chi connectivity index (χ2v) is 5.36. The van der Waals surface area contributed by atoms with Crippen LogP contribution in [0.5, 0.6) is 0 Å². The Kier molecular flexibility index (Phi) is 11.5. The molecular formula is C12H21NO3S2. The zero-order chi connectivity index (χ0) is 13.8. The van der Waals surface area contributed by atoms with Crippen LogP contribution in [0.4, 0.5) is 0 Å². The van der Waals surface area contributed by atoms with Crippen molar-refractivity contribution >= 4 is 28.4 Å². The van der Waals surface area contributed by atoms with E-state index in [0.29, 0.717) is 25.7 Å². The van der Waals surface area contributed by atoms with Crippen molar-refractivity contribution in [3.05, 3.63) is 0 Å². The summed E-state index contributed by atoms with van der Waals surface area (Å²) in [5.74, 6) is 5.99. The van der Waals surface area contributed by atoms with Gasteiger partial charge in [0.1, 0.15) is 12.0 Å². The summed E-state index contributed by atoms with van der Waals surface area (Å²) in [6, 6.07) is 0. The van der Waals surface area contributed by atoms with Crippen molar-refractivity contribution in [3.63, 3.8) is 0 Å². The highest BCUT2D eigenvalue weighted by Gasteiger charge is 2.01. The van der Waals surface area contributed by atoms with E-state index in [0.717, 1.165) is 0 Å². The molecule has 0 aromatic heterocycles. The Morgan fingerprint density at radius 2 is 2.11 bits per heavy atom. The van der Waals surface area contributed by atoms with Gasteiger partial charge in [-0.3, -0.25) is 4.79 Å². The van der Waals surface area contributed by atoms with Crippen molar-refractivity contribution in [1.82, 2.24) is 5.32 Å². The molecule has 0 fully saturated rings. The number of nitrogens with one attached hydrogen (secondary N) is 1. The molecule has 104 valence electrons. The molecule has 0 heterocycles. The SMILES string of the molecule is CC(C)C#CCNC(=O)COCCOC(C)SS. The first kappa shape index (κ1) is 17.6. The van der Waals surface area contributed by atoms with Crippen LogP contribution in [-0.2, 0) is 14.3 Å². The summed E-state index contributed by atoms with van der Waals surface area (Å²) in [4.78, 5) is 11.3. The highest BCUT2D eigenvalue weighted by Crippen LogP contribution is 2.14. The van der Waals surface area contributed by atoms with E-state index >= 15 is 0 Å². The highest BCUT2D eigenvalue weighted by atomic mass is 33.1. The summed E-state index contributed by atoms with van der Waals surface area (Å²) in [5.41, 5.74) is 0.0251. The fourth-order valence-corrected chi connectivity index (χ4v) is 1.26. The largest absolute Gasteiger partial charge is 0.369 e. The van der Waals surface area contributed by atoms with Crippen molar-refractivity contribution in [2.75, 3.05) is 26.4 Å². The molecule has 1 amide bonds. The minimum absolute atomic E-state index is 0.0251. The molecule has 0 aromatic carbocycles. The van der Waals surface area contributed by atoms with E-state index < -0.39 is 0 Å². The molecule has 0 aromatic rings. The highest BCUT2D eigenvalue weighted by molar-refractivity contribution is 8.68. The summed E-state index contributed by atoms with van der Waals surface area (Å²) in [6.07, 6.45) is 0. The van der Waals surface area contributed by atoms with Crippen molar-refractivity contribution in [1.29, 1.82) is 0 Å². The van der Waals surface area contributed by atoms with E-state index in [-0.39, 0.29) is 18.0 Å². The molecule has 1 N–H and O–H groups in total. The number of carbonyl (C=O) groups excluding carboxylic acids is 1. The van der Waals surface area contributed by atoms with Gasteiger partial charge in [-0.1, -0.05) is 36.5 Å². The Morgan fingerprint density at radius 3 is 2.72 bits per heavy atom. The van der Waals surface area contributed by atoms with E-state index in [9.17, 15) is 4.79 Å². The standard InChI is InChI=1S/C12H21NO3S2/c1-10(2)5-4-6-13-12(14)9-15-7-8-16-11(3)18-17/h10-11,17H,6-9H2,1-3H3,(H,13,14). The third-order valence-corrected chi connectivity index (χ3v) is 3.05. The first-order chi connectivity index (χ1) is 8.56. The van der Waals surface area contributed by atoms with Crippen LogP contribution in [0.25, 0.3) is 0 Å². The van der Waals surface area contributed by atoms with Crippen LogP contribution < -0.4 is 5.32 Å². The predicted molar refractivity (Wildman–Crippen MR) is 78.4 cm³/mol. The zero-order valence-electron chi connectivity index (χ0n) is 11.1. The van der Waals surface area contributed by atoms with E-state index in [1.165, 1.54) is 10.8 Å². The van der Waals surface area contributed by atoms with Crippen LogP contribution >= 0.6 is 22.5 Å². The van der Waals surface area contributed by atoms with Gasteiger partial charge in [0.2, 0.25) is 5.91 Å². The minimum Gasteiger partial charge on any atom is -0.369 e. The van der Waals surface area contributed by atoms with Crippen LogP contribution in [0, 0.1) is 17.8 Å². The van der Waals surface area contributed by atoms with Crippen LogP contribution in [0.15, 0.2) is 0 Å². The number of carbonyl (C=O) groups is 1. The Hall–Kier alpha value is -0.350. The van der Waals surface area contributed by atoms with Gasteiger partial charge in [-0.2, -0.15) is 0 Å². The van der Waals surface area contributed by atoms with Gasteiger partial charge in [0, 0.05) is 5.92 Å². The molecule has 4 nitrogen and oxygen atoms in total. The van der Waals surface area contributed by atoms with Crippen molar-refractivity contribution in [2.24, 2.45) is 5.92 Å². The first-order valence-electron chi connectivity index (χ1n) is 5.81. The van der Waals surface area contributed by atoms with Gasteiger partial charge in [0.05, 0.1) is 19.8 Å². The van der Waals surface area contributed by atoms with Gasteiger partial charge in [-0.25, -0.2) is 0 Å². The molecule has 0 bridgehead atoms. The van der Waals surface area contributed by atoms with Gasteiger partial charge in [-0.05, 0) is 6.92 Å². The maximum atomic E-state index is 11.3. The number of thiol groups is 1. The minimum atomic E-state index is -0.162. The summed E-state index contributed by atoms with van der Waals surface area (Å²) < 4.78 is 10.5. The zero-order valence-corrected chi connectivity index (χ0v) is 12.8. The second kappa shape index (κ2) is 11.7. The third kappa shape index (κ3) is 12.1. The summed E-state index contributed by atoms with van der Waals surface area (Å²) >= 11 is 4.01. The molecule has 0 aliphatic heterocycles. The lowest BCUT2D eigenvalue weighted by molar-refractivity contribution is -0.126. The van der Waals surface area contributed by atoms with Gasteiger partial charge >= 0.3 is 0 Å². The van der Waals surface area contributed by atoms with Gasteiger partial charge < -0.3 is 14.8 Å². The smallest absolute Gasteiger partial charge is 0.246 e. The molecular weight excluding hydrogens is 270 g/mol. The summed E-state index contributed by atoms with van der Waals surface area (Å²) in [6.45, 7) is 7.15. The number of ether oxygens (including phenoxy) is 2. The fourth-order valence-electron chi connectivity index (χ4n) is 0.917. The van der Waals surface area contributed by atoms with Crippen molar-refractivity contribution < 1.29 is 14.3 Å². The third-order valence-electron chi connectivity index (χ3n) is 1.73. The van der Waals surface area contributed by atoms with E-state index in [1.54, 1.807) is 0 Å². The lowest BCUT2D eigenvalue weighted by Gasteiger charge is -2.09. The van der Waals surface area contributed by atoms with E-state index in [1.807, 2.05) is 20.8 Å². The lowest BCUT2D eigenvalue weighted by Crippen LogP contribution is -2.28. The maximum Gasteiger partial charge on any atom is 0.246 e. The number of rotatable bonds is 8. The molecule has 0 aliphatic rings.